The molecule has 80 valence electrons. The molecule has 0 amide bonds. The summed E-state index contributed by atoms with van der Waals surface area (Å²) in [6.07, 6.45) is 0. The van der Waals surface area contributed by atoms with Crippen molar-refractivity contribution >= 4 is 15.9 Å². The van der Waals surface area contributed by atoms with Crippen molar-refractivity contribution in [3.8, 4) is 0 Å². The van der Waals surface area contributed by atoms with Crippen LogP contribution in [0.3, 0.4) is 0 Å². The zero-order chi connectivity index (χ0) is 10.7. The smallest absolute Gasteiger partial charge is 0.169 e. The van der Waals surface area contributed by atoms with Crippen LogP contribution < -0.4 is 5.32 Å². The van der Waals surface area contributed by atoms with Crippen LogP contribution in [0.1, 0.15) is 32.6 Å². The van der Waals surface area contributed by atoms with E-state index in [4.69, 9.17) is 4.42 Å². The molecule has 1 rings (SSSR count). The normalized spacial score (nSPS) is 15.9. The van der Waals surface area contributed by atoms with Gasteiger partial charge in [-0.1, -0.05) is 20.8 Å². The third kappa shape index (κ3) is 2.61. The van der Waals surface area contributed by atoms with Gasteiger partial charge in [0.25, 0.3) is 0 Å². The Morgan fingerprint density at radius 3 is 2.29 bits per heavy atom. The van der Waals surface area contributed by atoms with Crippen molar-refractivity contribution in [3.63, 3.8) is 0 Å². The lowest BCUT2D eigenvalue weighted by molar-refractivity contribution is 0.276. The molecule has 0 bridgehead atoms. The molecule has 2 nitrogen and oxygen atoms in total. The highest BCUT2D eigenvalue weighted by atomic mass is 79.9. The van der Waals surface area contributed by atoms with E-state index in [-0.39, 0.29) is 0 Å². The SMILES string of the molecule is CNC(c1ccc(Br)o1)C(C)C(C)C. The molecule has 0 aliphatic heterocycles. The summed E-state index contributed by atoms with van der Waals surface area (Å²) in [5.74, 6) is 2.19. The maximum atomic E-state index is 5.56. The molecular formula is C11H18BrNO. The van der Waals surface area contributed by atoms with Crippen LogP contribution in [0.4, 0.5) is 0 Å². The fourth-order valence-electron chi connectivity index (χ4n) is 1.54. The van der Waals surface area contributed by atoms with Crippen LogP contribution in [-0.2, 0) is 0 Å². The summed E-state index contributed by atoms with van der Waals surface area (Å²) in [5.41, 5.74) is 0. The van der Waals surface area contributed by atoms with Gasteiger partial charge in [0.15, 0.2) is 4.67 Å². The minimum absolute atomic E-state index is 0.293. The van der Waals surface area contributed by atoms with E-state index in [9.17, 15) is 0 Å². The summed E-state index contributed by atoms with van der Waals surface area (Å²) >= 11 is 3.32. The van der Waals surface area contributed by atoms with Gasteiger partial charge in [-0.15, -0.1) is 0 Å². The second-order valence-corrected chi connectivity index (χ2v) is 4.79. The molecule has 0 radical (unpaired) electrons. The molecule has 1 aromatic heterocycles. The fourth-order valence-corrected chi connectivity index (χ4v) is 1.86. The number of rotatable bonds is 4. The van der Waals surface area contributed by atoms with Gasteiger partial charge in [-0.2, -0.15) is 0 Å². The van der Waals surface area contributed by atoms with Gasteiger partial charge in [0.1, 0.15) is 5.76 Å². The Bertz CT molecular complexity index is 283. The van der Waals surface area contributed by atoms with E-state index in [0.717, 1.165) is 10.4 Å². The van der Waals surface area contributed by atoms with E-state index >= 15 is 0 Å². The lowest BCUT2D eigenvalue weighted by atomic mass is 9.89. The van der Waals surface area contributed by atoms with Gasteiger partial charge < -0.3 is 9.73 Å². The molecule has 0 saturated heterocycles. The summed E-state index contributed by atoms with van der Waals surface area (Å²) < 4.78 is 6.36. The van der Waals surface area contributed by atoms with Gasteiger partial charge in [0, 0.05) is 0 Å². The van der Waals surface area contributed by atoms with Crippen LogP contribution in [0.25, 0.3) is 0 Å². The first-order valence-corrected chi connectivity index (χ1v) is 5.78. The van der Waals surface area contributed by atoms with Crippen molar-refractivity contribution in [2.45, 2.75) is 26.8 Å². The van der Waals surface area contributed by atoms with Gasteiger partial charge in [-0.3, -0.25) is 0 Å². The zero-order valence-electron chi connectivity index (χ0n) is 9.17. The van der Waals surface area contributed by atoms with Crippen LogP contribution in [0.5, 0.6) is 0 Å². The minimum atomic E-state index is 0.293. The number of hydrogen-bond donors (Lipinski definition) is 1. The third-order valence-corrected chi connectivity index (χ3v) is 3.22. The predicted molar refractivity (Wildman–Crippen MR) is 62.2 cm³/mol. The second-order valence-electron chi connectivity index (χ2n) is 4.01. The highest BCUT2D eigenvalue weighted by Crippen LogP contribution is 2.29. The highest BCUT2D eigenvalue weighted by molar-refractivity contribution is 9.10. The van der Waals surface area contributed by atoms with Crippen molar-refractivity contribution in [2.24, 2.45) is 11.8 Å². The van der Waals surface area contributed by atoms with Gasteiger partial charge in [-0.25, -0.2) is 0 Å². The monoisotopic (exact) mass is 259 g/mol. The lowest BCUT2D eigenvalue weighted by Crippen LogP contribution is -2.26. The summed E-state index contributed by atoms with van der Waals surface area (Å²) in [5, 5.41) is 3.30. The Morgan fingerprint density at radius 2 is 1.93 bits per heavy atom. The topological polar surface area (TPSA) is 25.2 Å². The largest absolute Gasteiger partial charge is 0.453 e. The molecule has 2 unspecified atom stereocenters. The Kier molecular flexibility index (Phi) is 4.20. The van der Waals surface area contributed by atoms with Crippen LogP contribution >= 0.6 is 15.9 Å². The average Bonchev–Trinajstić information content (AvgIpc) is 2.53. The standard InChI is InChI=1S/C11H18BrNO/c1-7(2)8(3)11(13-4)9-5-6-10(12)14-9/h5-8,11,13H,1-4H3. The number of halogens is 1. The molecule has 0 aliphatic carbocycles. The first kappa shape index (κ1) is 11.8. The molecule has 3 heteroatoms. The Labute approximate surface area is 94.2 Å². The molecule has 0 spiro atoms. The molecule has 14 heavy (non-hydrogen) atoms. The maximum absolute atomic E-state index is 5.56. The van der Waals surface area contributed by atoms with E-state index in [0.29, 0.717) is 17.9 Å². The summed E-state index contributed by atoms with van der Waals surface area (Å²) in [7, 11) is 1.97. The van der Waals surface area contributed by atoms with Crippen molar-refractivity contribution in [1.82, 2.24) is 5.32 Å². The zero-order valence-corrected chi connectivity index (χ0v) is 10.8. The van der Waals surface area contributed by atoms with E-state index < -0.39 is 0 Å². The fraction of sp³-hybridized carbons (Fsp3) is 0.636. The van der Waals surface area contributed by atoms with Gasteiger partial charge >= 0.3 is 0 Å². The Hall–Kier alpha value is -0.280. The van der Waals surface area contributed by atoms with E-state index in [1.165, 1.54) is 0 Å². The predicted octanol–water partition coefficient (Wildman–Crippen LogP) is 3.59. The third-order valence-electron chi connectivity index (χ3n) is 2.79. The summed E-state index contributed by atoms with van der Waals surface area (Å²) in [4.78, 5) is 0. The number of hydrogen-bond acceptors (Lipinski definition) is 2. The van der Waals surface area contributed by atoms with Crippen molar-refractivity contribution < 1.29 is 4.42 Å². The Balaban J connectivity index is 2.81. The molecule has 0 saturated carbocycles. The van der Waals surface area contributed by atoms with E-state index in [2.05, 4.69) is 42.0 Å². The molecule has 0 aromatic carbocycles. The van der Waals surface area contributed by atoms with Gasteiger partial charge in [0.2, 0.25) is 0 Å². The van der Waals surface area contributed by atoms with Crippen LogP contribution in [0, 0.1) is 11.8 Å². The summed E-state index contributed by atoms with van der Waals surface area (Å²) in [6.45, 7) is 6.70. The summed E-state index contributed by atoms with van der Waals surface area (Å²) in [6, 6.07) is 4.25. The highest BCUT2D eigenvalue weighted by Gasteiger charge is 2.22. The maximum Gasteiger partial charge on any atom is 0.169 e. The van der Waals surface area contributed by atoms with Crippen LogP contribution in [0.2, 0.25) is 0 Å². The van der Waals surface area contributed by atoms with E-state index in [1.807, 2.05) is 19.2 Å². The molecule has 0 aliphatic rings. The molecule has 1 aromatic rings. The lowest BCUT2D eigenvalue weighted by Gasteiger charge is -2.24. The van der Waals surface area contributed by atoms with Crippen molar-refractivity contribution in [2.75, 3.05) is 7.05 Å². The molecule has 0 fully saturated rings. The molecule has 1 heterocycles. The van der Waals surface area contributed by atoms with Crippen LogP contribution in [0.15, 0.2) is 21.2 Å². The first-order valence-electron chi connectivity index (χ1n) is 4.98. The van der Waals surface area contributed by atoms with Gasteiger partial charge in [0.05, 0.1) is 6.04 Å². The van der Waals surface area contributed by atoms with E-state index in [1.54, 1.807) is 0 Å². The number of furan rings is 1. The minimum Gasteiger partial charge on any atom is -0.453 e. The first-order chi connectivity index (χ1) is 6.56. The van der Waals surface area contributed by atoms with Crippen LogP contribution in [-0.4, -0.2) is 7.05 Å². The molecule has 1 N–H and O–H groups in total. The number of nitrogens with one attached hydrogen (secondary N) is 1. The van der Waals surface area contributed by atoms with Crippen molar-refractivity contribution in [1.29, 1.82) is 0 Å². The van der Waals surface area contributed by atoms with Gasteiger partial charge in [-0.05, 0) is 46.9 Å². The molecule has 2 atom stereocenters. The molecular weight excluding hydrogens is 242 g/mol. The average molecular weight is 260 g/mol. The van der Waals surface area contributed by atoms with Crippen molar-refractivity contribution in [3.05, 3.63) is 22.6 Å². The second kappa shape index (κ2) is 4.99. The Morgan fingerprint density at radius 1 is 1.29 bits per heavy atom. The quantitative estimate of drug-likeness (QED) is 0.894.